The van der Waals surface area contributed by atoms with Crippen LogP contribution < -0.4 is 21.5 Å². The Kier molecular flexibility index (Phi) is 5.41. The van der Waals surface area contributed by atoms with E-state index in [-0.39, 0.29) is 28.7 Å². The number of carbonyl (C=O) groups excluding carboxylic acids is 1. The van der Waals surface area contributed by atoms with Crippen LogP contribution in [0.2, 0.25) is 5.02 Å². The normalized spacial score (nSPS) is 14.7. The molecule has 0 aliphatic carbocycles. The lowest BCUT2D eigenvalue weighted by Crippen LogP contribution is -2.39. The Morgan fingerprint density at radius 3 is 2.38 bits per heavy atom. The Morgan fingerprint density at radius 1 is 1.09 bits per heavy atom. The van der Waals surface area contributed by atoms with E-state index in [1.807, 2.05) is 46.8 Å². The van der Waals surface area contributed by atoms with Crippen molar-refractivity contribution in [2.24, 2.45) is 5.41 Å². The highest BCUT2D eigenvalue weighted by atomic mass is 35.5. The van der Waals surface area contributed by atoms with Crippen molar-refractivity contribution in [2.75, 3.05) is 17.2 Å². The fourth-order valence-electron chi connectivity index (χ4n) is 4.05. The van der Waals surface area contributed by atoms with Crippen LogP contribution >= 0.6 is 11.6 Å². The van der Waals surface area contributed by atoms with Gasteiger partial charge in [-0.3, -0.25) is 14.4 Å². The van der Waals surface area contributed by atoms with Crippen LogP contribution in [0.25, 0.3) is 0 Å². The number of hydrogen-bond donors (Lipinski definition) is 2. The molecule has 2 N–H and O–H groups in total. The molecule has 0 fully saturated rings. The van der Waals surface area contributed by atoms with Gasteiger partial charge in [-0.05, 0) is 43.5 Å². The number of hydrogen-bond acceptors (Lipinski definition) is 6. The molecule has 32 heavy (non-hydrogen) atoms. The first-order valence-corrected chi connectivity index (χ1v) is 10.9. The molecule has 1 aromatic heterocycles. The van der Waals surface area contributed by atoms with Gasteiger partial charge in [0, 0.05) is 23.7 Å². The van der Waals surface area contributed by atoms with E-state index in [0.717, 1.165) is 11.3 Å². The zero-order valence-corrected chi connectivity index (χ0v) is 19.5. The predicted molar refractivity (Wildman–Crippen MR) is 126 cm³/mol. The average molecular weight is 456 g/mol. The molecule has 0 saturated carbocycles. The first kappa shape index (κ1) is 22.1. The maximum Gasteiger partial charge on any atom is 0.256 e. The monoisotopic (exact) mass is 455 g/mol. The molecule has 2 aromatic carbocycles. The second-order valence-corrected chi connectivity index (χ2v) is 9.60. The summed E-state index contributed by atoms with van der Waals surface area (Å²) in [6, 6.07) is 6.74. The van der Waals surface area contributed by atoms with E-state index in [9.17, 15) is 14.4 Å². The summed E-state index contributed by atoms with van der Waals surface area (Å²) < 4.78 is 5.80. The first-order valence-electron chi connectivity index (χ1n) is 10.6. The fourth-order valence-corrected chi connectivity index (χ4v) is 4.27. The fraction of sp³-hybridized carbons (Fsp3) is 0.375. The van der Waals surface area contributed by atoms with E-state index in [2.05, 4.69) is 10.6 Å². The lowest BCUT2D eigenvalue weighted by molar-refractivity contribution is 0.0788. The van der Waals surface area contributed by atoms with Crippen molar-refractivity contribution in [1.82, 2.24) is 4.90 Å². The van der Waals surface area contributed by atoms with Crippen molar-refractivity contribution >= 4 is 34.6 Å². The maximum absolute atomic E-state index is 12.8. The number of carbonyl (C=O) groups is 1. The molecule has 7 nitrogen and oxygen atoms in total. The number of amides is 1. The quantitative estimate of drug-likeness (QED) is 0.521. The first-order chi connectivity index (χ1) is 15.0. The van der Waals surface area contributed by atoms with Crippen LogP contribution in [0, 0.1) is 12.3 Å². The minimum Gasteiger partial charge on any atom is -0.464 e. The molecule has 8 heteroatoms. The number of nitrogens with one attached hydrogen (secondary N) is 2. The van der Waals surface area contributed by atoms with Crippen LogP contribution in [0.1, 0.15) is 61.2 Å². The van der Waals surface area contributed by atoms with Crippen molar-refractivity contribution in [3.05, 3.63) is 72.4 Å². The minimum absolute atomic E-state index is 0.139. The number of benzene rings is 1. The van der Waals surface area contributed by atoms with Crippen LogP contribution in [0.15, 0.2) is 38.3 Å². The van der Waals surface area contributed by atoms with Crippen LogP contribution in [0.5, 0.6) is 0 Å². The van der Waals surface area contributed by atoms with E-state index in [0.29, 0.717) is 35.1 Å². The van der Waals surface area contributed by atoms with Gasteiger partial charge in [0.1, 0.15) is 22.9 Å². The number of nitrogens with zero attached hydrogens (tertiary/aromatic N) is 1. The van der Waals surface area contributed by atoms with Gasteiger partial charge in [0.05, 0.1) is 17.3 Å². The molecule has 1 aliphatic heterocycles. The molecule has 1 aliphatic rings. The van der Waals surface area contributed by atoms with Crippen molar-refractivity contribution < 1.29 is 9.21 Å². The lowest BCUT2D eigenvalue weighted by Gasteiger charge is -2.31. The van der Waals surface area contributed by atoms with Crippen LogP contribution in [0.3, 0.4) is 0 Å². The standard InChI is InChI=1S/C24H26ClN3O4/c1-6-28-11-13-14(25)8-9-15(17(13)23(28)31)26-18-19(21(30)20(18)29)27-22(24(3,4)5)16-10-7-12(2)32-16/h7-10,22,26-27H,6,11H2,1-5H3/t22-/m0/s1. The zero-order chi connectivity index (χ0) is 23.4. The molecule has 2 heterocycles. The van der Waals surface area contributed by atoms with Crippen LogP contribution in [-0.2, 0) is 6.54 Å². The summed E-state index contributed by atoms with van der Waals surface area (Å²) in [6.07, 6.45) is 0. The van der Waals surface area contributed by atoms with Gasteiger partial charge in [-0.2, -0.15) is 0 Å². The SMILES string of the molecule is CCN1Cc2c(Cl)ccc(Nc3c(N[C@@H](c4ccc(C)o4)C(C)(C)C)c(=O)c3=O)c2C1=O. The Hall–Kier alpha value is -3.06. The largest absolute Gasteiger partial charge is 0.464 e. The van der Waals surface area contributed by atoms with Gasteiger partial charge in [0.25, 0.3) is 16.8 Å². The molecule has 0 bridgehead atoms. The summed E-state index contributed by atoms with van der Waals surface area (Å²) in [4.78, 5) is 39.5. The third-order valence-electron chi connectivity index (χ3n) is 5.86. The molecule has 0 radical (unpaired) electrons. The van der Waals surface area contributed by atoms with Gasteiger partial charge in [0.2, 0.25) is 0 Å². The Bertz CT molecular complexity index is 1280. The number of aryl methyl sites for hydroxylation is 1. The number of rotatable bonds is 6. The number of halogens is 1. The highest BCUT2D eigenvalue weighted by Gasteiger charge is 2.35. The molecular weight excluding hydrogens is 430 g/mol. The molecular formula is C24H26ClN3O4. The third kappa shape index (κ3) is 3.60. The summed E-state index contributed by atoms with van der Waals surface area (Å²) in [5.41, 5.74) is 0.407. The molecule has 3 aromatic rings. The van der Waals surface area contributed by atoms with Crippen LogP contribution in [-0.4, -0.2) is 17.4 Å². The van der Waals surface area contributed by atoms with Crippen LogP contribution in [0.4, 0.5) is 17.1 Å². The second-order valence-electron chi connectivity index (χ2n) is 9.19. The van der Waals surface area contributed by atoms with E-state index in [1.54, 1.807) is 17.0 Å². The van der Waals surface area contributed by atoms with Gasteiger partial charge >= 0.3 is 0 Å². The summed E-state index contributed by atoms with van der Waals surface area (Å²) >= 11 is 6.32. The van der Waals surface area contributed by atoms with E-state index >= 15 is 0 Å². The number of fused-ring (bicyclic) bond motifs is 1. The lowest BCUT2D eigenvalue weighted by atomic mass is 9.85. The molecule has 0 saturated heterocycles. The van der Waals surface area contributed by atoms with Crippen molar-refractivity contribution in [3.8, 4) is 0 Å². The molecule has 4 rings (SSSR count). The van der Waals surface area contributed by atoms with Crippen molar-refractivity contribution in [3.63, 3.8) is 0 Å². The Morgan fingerprint density at radius 2 is 1.78 bits per heavy atom. The van der Waals surface area contributed by atoms with Gasteiger partial charge < -0.3 is 20.0 Å². The van der Waals surface area contributed by atoms with Gasteiger partial charge in [-0.15, -0.1) is 0 Å². The average Bonchev–Trinajstić information content (AvgIpc) is 3.31. The van der Waals surface area contributed by atoms with E-state index < -0.39 is 10.9 Å². The van der Waals surface area contributed by atoms with Crippen molar-refractivity contribution in [2.45, 2.75) is 47.2 Å². The Balaban J connectivity index is 1.70. The second kappa shape index (κ2) is 7.81. The van der Waals surface area contributed by atoms with Gasteiger partial charge in [0.15, 0.2) is 0 Å². The highest BCUT2D eigenvalue weighted by Crippen LogP contribution is 2.39. The summed E-state index contributed by atoms with van der Waals surface area (Å²) in [7, 11) is 0. The Labute approximate surface area is 191 Å². The number of furan rings is 1. The minimum atomic E-state index is -0.628. The maximum atomic E-state index is 12.8. The molecule has 1 atom stereocenters. The summed E-state index contributed by atoms with van der Waals surface area (Å²) in [6.45, 7) is 10.8. The topological polar surface area (TPSA) is 91.7 Å². The van der Waals surface area contributed by atoms with Gasteiger partial charge in [-0.25, -0.2) is 0 Å². The summed E-state index contributed by atoms with van der Waals surface area (Å²) in [5.74, 6) is 1.28. The smallest absolute Gasteiger partial charge is 0.256 e. The molecule has 168 valence electrons. The van der Waals surface area contributed by atoms with Crippen molar-refractivity contribution in [1.29, 1.82) is 0 Å². The molecule has 0 unspecified atom stereocenters. The summed E-state index contributed by atoms with van der Waals surface area (Å²) in [5, 5.41) is 6.75. The van der Waals surface area contributed by atoms with E-state index in [1.165, 1.54) is 0 Å². The van der Waals surface area contributed by atoms with Gasteiger partial charge in [-0.1, -0.05) is 32.4 Å². The zero-order valence-electron chi connectivity index (χ0n) is 18.8. The molecule has 1 amide bonds. The third-order valence-corrected chi connectivity index (χ3v) is 6.21. The number of anilines is 3. The predicted octanol–water partition coefficient (Wildman–Crippen LogP) is 4.76. The van der Waals surface area contributed by atoms with E-state index in [4.69, 9.17) is 16.0 Å². The highest BCUT2D eigenvalue weighted by molar-refractivity contribution is 6.32. The molecule has 0 spiro atoms.